The fraction of sp³-hybridized carbons (Fsp3) is 0.933. The fourth-order valence-corrected chi connectivity index (χ4v) is 4.59. The van der Waals surface area contributed by atoms with Gasteiger partial charge < -0.3 is 5.11 Å². The minimum atomic E-state index is -3.20. The van der Waals surface area contributed by atoms with E-state index in [-0.39, 0.29) is 23.0 Å². The van der Waals surface area contributed by atoms with Crippen molar-refractivity contribution in [2.45, 2.75) is 71.0 Å². The van der Waals surface area contributed by atoms with Crippen molar-refractivity contribution in [3.05, 3.63) is 0 Å². The van der Waals surface area contributed by atoms with Crippen LogP contribution in [0, 0.1) is 11.3 Å². The van der Waals surface area contributed by atoms with Gasteiger partial charge in [-0.15, -0.1) is 0 Å². The summed E-state index contributed by atoms with van der Waals surface area (Å²) in [5.74, 6) is -0.601. The van der Waals surface area contributed by atoms with Crippen LogP contribution in [0.3, 0.4) is 0 Å². The second-order valence-electron chi connectivity index (χ2n) is 7.13. The molecule has 1 aliphatic rings. The van der Waals surface area contributed by atoms with Gasteiger partial charge in [0.15, 0.2) is 0 Å². The third kappa shape index (κ3) is 6.34. The third-order valence-corrected chi connectivity index (χ3v) is 6.42. The molecule has 0 aromatic heterocycles. The number of sulfonamides is 1. The third-order valence-electron chi connectivity index (χ3n) is 4.47. The van der Waals surface area contributed by atoms with E-state index in [9.17, 15) is 13.2 Å². The summed E-state index contributed by atoms with van der Waals surface area (Å²) in [5.41, 5.74) is -0.0196. The standard InChI is InChI=1S/C15H29NO4S/c1-15(2,3)12(8-9-14(17)18)10-11-16-21(19,20)13-6-4-5-7-13/h12-13,16H,4-11H2,1-3H3,(H,17,18). The van der Waals surface area contributed by atoms with Gasteiger partial charge in [-0.25, -0.2) is 13.1 Å². The number of hydrogen-bond donors (Lipinski definition) is 2. The molecule has 1 fully saturated rings. The minimum Gasteiger partial charge on any atom is -0.481 e. The monoisotopic (exact) mass is 319 g/mol. The molecule has 0 saturated heterocycles. The van der Waals surface area contributed by atoms with Gasteiger partial charge in [0.25, 0.3) is 0 Å². The van der Waals surface area contributed by atoms with Crippen LogP contribution in [-0.2, 0) is 14.8 Å². The molecule has 0 aromatic rings. The van der Waals surface area contributed by atoms with E-state index in [1.165, 1.54) is 0 Å². The lowest BCUT2D eigenvalue weighted by atomic mass is 9.76. The maximum atomic E-state index is 12.1. The SMILES string of the molecule is CC(C)(C)C(CCNS(=O)(=O)C1CCCC1)CCC(=O)O. The quantitative estimate of drug-likeness (QED) is 0.720. The van der Waals surface area contributed by atoms with E-state index in [4.69, 9.17) is 5.11 Å². The van der Waals surface area contributed by atoms with Crippen LogP contribution in [0.25, 0.3) is 0 Å². The number of aliphatic carboxylic acids is 1. The molecule has 124 valence electrons. The van der Waals surface area contributed by atoms with Crippen LogP contribution in [-0.4, -0.2) is 31.3 Å². The predicted octanol–water partition coefficient (Wildman–Crippen LogP) is 2.77. The summed E-state index contributed by atoms with van der Waals surface area (Å²) < 4.78 is 27.0. The average molecular weight is 319 g/mol. The van der Waals surface area contributed by atoms with Crippen molar-refractivity contribution in [3.8, 4) is 0 Å². The van der Waals surface area contributed by atoms with E-state index in [0.29, 0.717) is 19.4 Å². The van der Waals surface area contributed by atoms with Crippen molar-refractivity contribution in [2.75, 3.05) is 6.54 Å². The van der Waals surface area contributed by atoms with E-state index in [1.54, 1.807) is 0 Å². The Morgan fingerprint density at radius 1 is 1.24 bits per heavy atom. The first kappa shape index (κ1) is 18.4. The molecule has 1 atom stereocenters. The largest absolute Gasteiger partial charge is 0.481 e. The summed E-state index contributed by atoms with van der Waals surface area (Å²) in [6, 6.07) is 0. The molecule has 0 amide bonds. The van der Waals surface area contributed by atoms with Gasteiger partial charge >= 0.3 is 5.97 Å². The molecule has 0 aliphatic heterocycles. The Morgan fingerprint density at radius 3 is 2.29 bits per heavy atom. The maximum Gasteiger partial charge on any atom is 0.303 e. The molecule has 0 aromatic carbocycles. The highest BCUT2D eigenvalue weighted by Gasteiger charge is 2.29. The van der Waals surface area contributed by atoms with Crippen molar-refractivity contribution in [2.24, 2.45) is 11.3 Å². The van der Waals surface area contributed by atoms with Crippen molar-refractivity contribution < 1.29 is 18.3 Å². The summed E-state index contributed by atoms with van der Waals surface area (Å²) in [5, 5.41) is 8.58. The molecule has 21 heavy (non-hydrogen) atoms. The Hall–Kier alpha value is -0.620. The number of carbonyl (C=O) groups is 1. The molecule has 5 nitrogen and oxygen atoms in total. The van der Waals surface area contributed by atoms with E-state index in [2.05, 4.69) is 25.5 Å². The molecule has 0 bridgehead atoms. The van der Waals surface area contributed by atoms with Gasteiger partial charge in [0.1, 0.15) is 0 Å². The Bertz CT molecular complexity index is 433. The van der Waals surface area contributed by atoms with Crippen molar-refractivity contribution >= 4 is 16.0 Å². The second kappa shape index (κ2) is 7.58. The second-order valence-corrected chi connectivity index (χ2v) is 9.18. The molecular weight excluding hydrogens is 290 g/mol. The highest BCUT2D eigenvalue weighted by atomic mass is 32.2. The molecule has 2 N–H and O–H groups in total. The highest BCUT2D eigenvalue weighted by Crippen LogP contribution is 2.32. The number of carboxylic acid groups (broad SMARTS) is 1. The number of carboxylic acids is 1. The lowest BCUT2D eigenvalue weighted by Gasteiger charge is -2.30. The highest BCUT2D eigenvalue weighted by molar-refractivity contribution is 7.90. The molecule has 1 unspecified atom stereocenters. The van der Waals surface area contributed by atoms with Gasteiger partial charge in [-0.3, -0.25) is 4.79 Å². The first-order chi connectivity index (χ1) is 9.63. The maximum absolute atomic E-state index is 12.1. The van der Waals surface area contributed by atoms with Crippen molar-refractivity contribution in [1.29, 1.82) is 0 Å². The minimum absolute atomic E-state index is 0.0196. The van der Waals surface area contributed by atoms with Crippen LogP contribution < -0.4 is 4.72 Å². The van der Waals surface area contributed by atoms with Crippen molar-refractivity contribution in [1.82, 2.24) is 4.72 Å². The number of rotatable bonds is 8. The first-order valence-corrected chi connectivity index (χ1v) is 9.38. The molecule has 1 saturated carbocycles. The zero-order valence-electron chi connectivity index (χ0n) is 13.4. The van der Waals surface area contributed by atoms with E-state index < -0.39 is 16.0 Å². The van der Waals surface area contributed by atoms with E-state index in [0.717, 1.165) is 25.7 Å². The summed E-state index contributed by atoms with van der Waals surface area (Å²) >= 11 is 0. The van der Waals surface area contributed by atoms with Crippen LogP contribution in [0.1, 0.15) is 65.7 Å². The predicted molar refractivity (Wildman–Crippen MR) is 83.6 cm³/mol. The van der Waals surface area contributed by atoms with Gasteiger partial charge in [0.05, 0.1) is 5.25 Å². The summed E-state index contributed by atoms with van der Waals surface area (Å²) in [6.45, 7) is 6.63. The Labute approximate surface area is 128 Å². The number of hydrogen-bond acceptors (Lipinski definition) is 3. The molecule has 1 rings (SSSR count). The van der Waals surface area contributed by atoms with Gasteiger partial charge in [-0.1, -0.05) is 33.6 Å². The Kier molecular flexibility index (Phi) is 6.66. The molecule has 0 heterocycles. The smallest absolute Gasteiger partial charge is 0.303 e. The van der Waals surface area contributed by atoms with Gasteiger partial charge in [0, 0.05) is 13.0 Å². The van der Waals surface area contributed by atoms with E-state index in [1.807, 2.05) is 0 Å². The lowest BCUT2D eigenvalue weighted by molar-refractivity contribution is -0.137. The molecule has 1 aliphatic carbocycles. The van der Waals surface area contributed by atoms with Crippen LogP contribution in [0.4, 0.5) is 0 Å². The normalized spacial score (nSPS) is 18.8. The first-order valence-electron chi connectivity index (χ1n) is 7.83. The van der Waals surface area contributed by atoms with Gasteiger partial charge in [-0.05, 0) is 37.0 Å². The molecule has 0 spiro atoms. The Balaban J connectivity index is 2.47. The fourth-order valence-electron chi connectivity index (χ4n) is 3.00. The molecule has 6 heteroatoms. The lowest BCUT2D eigenvalue weighted by Crippen LogP contribution is -2.35. The van der Waals surface area contributed by atoms with E-state index >= 15 is 0 Å². The van der Waals surface area contributed by atoms with Gasteiger partial charge in [0.2, 0.25) is 10.0 Å². The topological polar surface area (TPSA) is 83.5 Å². The molecular formula is C15H29NO4S. The van der Waals surface area contributed by atoms with Crippen LogP contribution >= 0.6 is 0 Å². The Morgan fingerprint density at radius 2 is 1.81 bits per heavy atom. The van der Waals surface area contributed by atoms with Crippen LogP contribution in [0.2, 0.25) is 0 Å². The summed E-state index contributed by atoms with van der Waals surface area (Å²) in [4.78, 5) is 10.7. The molecule has 0 radical (unpaired) electrons. The zero-order valence-corrected chi connectivity index (χ0v) is 14.2. The summed E-state index contributed by atoms with van der Waals surface area (Å²) in [7, 11) is -3.20. The van der Waals surface area contributed by atoms with Crippen LogP contribution in [0.15, 0.2) is 0 Å². The summed E-state index contributed by atoms with van der Waals surface area (Å²) in [6.07, 6.45) is 4.92. The van der Waals surface area contributed by atoms with Gasteiger partial charge in [-0.2, -0.15) is 0 Å². The van der Waals surface area contributed by atoms with Crippen molar-refractivity contribution in [3.63, 3.8) is 0 Å². The zero-order chi connectivity index (χ0) is 16.1. The average Bonchev–Trinajstić information content (AvgIpc) is 2.85. The van der Waals surface area contributed by atoms with Crippen LogP contribution in [0.5, 0.6) is 0 Å². The number of nitrogens with one attached hydrogen (secondary N) is 1.